The number of ketones is 1. The van der Waals surface area contributed by atoms with Crippen LogP contribution in [0.4, 0.5) is 0 Å². The second-order valence-corrected chi connectivity index (χ2v) is 7.38. The van der Waals surface area contributed by atoms with E-state index in [4.69, 9.17) is 0 Å². The van der Waals surface area contributed by atoms with E-state index in [1.165, 1.54) is 17.3 Å². The lowest BCUT2D eigenvalue weighted by Crippen LogP contribution is -2.06. The zero-order chi connectivity index (χ0) is 17.6. The van der Waals surface area contributed by atoms with Crippen LogP contribution in [0, 0.1) is 0 Å². The predicted molar refractivity (Wildman–Crippen MR) is 104 cm³/mol. The number of rotatable bonds is 7. The Morgan fingerprint density at radius 3 is 2.48 bits per heavy atom. The largest absolute Gasteiger partial charge is 0.306 e. The maximum absolute atomic E-state index is 12.3. The summed E-state index contributed by atoms with van der Waals surface area (Å²) in [6.07, 6.45) is 0.739. The number of aromatic nitrogens is 3. The molecule has 0 aliphatic rings. The van der Waals surface area contributed by atoms with E-state index in [-0.39, 0.29) is 5.78 Å². The molecule has 3 rings (SSSR count). The van der Waals surface area contributed by atoms with Crippen LogP contribution in [0.1, 0.15) is 28.7 Å². The third-order valence-electron chi connectivity index (χ3n) is 3.81. The summed E-state index contributed by atoms with van der Waals surface area (Å²) in [6.45, 7) is 2.85. The lowest BCUT2D eigenvalue weighted by atomic mass is 10.1. The topological polar surface area (TPSA) is 47.8 Å². The summed E-state index contributed by atoms with van der Waals surface area (Å²) in [7, 11) is 0. The maximum atomic E-state index is 12.3. The van der Waals surface area contributed by atoms with Gasteiger partial charge in [0.2, 0.25) is 0 Å². The highest BCUT2D eigenvalue weighted by Gasteiger charge is 2.14. The number of thioether (sulfide) groups is 1. The van der Waals surface area contributed by atoms with Gasteiger partial charge in [-0.3, -0.25) is 4.79 Å². The van der Waals surface area contributed by atoms with Crippen molar-refractivity contribution in [3.63, 3.8) is 0 Å². The number of nitrogens with zero attached hydrogens (tertiary/aromatic N) is 3. The van der Waals surface area contributed by atoms with Gasteiger partial charge >= 0.3 is 0 Å². The molecule has 128 valence electrons. The Morgan fingerprint density at radius 2 is 1.80 bits per heavy atom. The molecule has 0 radical (unpaired) electrons. The van der Waals surface area contributed by atoms with Crippen molar-refractivity contribution in [2.75, 3.05) is 5.75 Å². The molecule has 6 heteroatoms. The number of carbonyl (C=O) groups is 1. The molecule has 0 amide bonds. The Kier molecular flexibility index (Phi) is 6.04. The van der Waals surface area contributed by atoms with Gasteiger partial charge in [0, 0.05) is 23.0 Å². The number of halogens is 1. The van der Waals surface area contributed by atoms with Crippen molar-refractivity contribution in [1.82, 2.24) is 14.8 Å². The number of benzene rings is 2. The zero-order valence-corrected chi connectivity index (χ0v) is 16.3. The van der Waals surface area contributed by atoms with E-state index in [2.05, 4.69) is 49.8 Å². The Balaban J connectivity index is 1.68. The molecule has 1 heterocycles. The molecule has 0 aliphatic carbocycles. The predicted octanol–water partition coefficient (Wildman–Crippen LogP) is 4.63. The SMILES string of the molecule is CCn1c(Cc2ccccc2)nnc1SCC(=O)c1ccc(Br)cc1. The first-order valence-electron chi connectivity index (χ1n) is 8.05. The first-order chi connectivity index (χ1) is 12.2. The minimum atomic E-state index is 0.0905. The molecular formula is C19H18BrN3OS. The van der Waals surface area contributed by atoms with Crippen LogP contribution < -0.4 is 0 Å². The molecule has 0 N–H and O–H groups in total. The average molecular weight is 416 g/mol. The van der Waals surface area contributed by atoms with Crippen molar-refractivity contribution in [1.29, 1.82) is 0 Å². The molecule has 0 atom stereocenters. The van der Waals surface area contributed by atoms with Gasteiger partial charge < -0.3 is 4.57 Å². The maximum Gasteiger partial charge on any atom is 0.191 e. The van der Waals surface area contributed by atoms with Gasteiger partial charge in [0.1, 0.15) is 5.82 Å². The van der Waals surface area contributed by atoms with Crippen molar-refractivity contribution in [3.05, 3.63) is 76.0 Å². The molecule has 25 heavy (non-hydrogen) atoms. The first kappa shape index (κ1) is 17.9. The number of hydrogen-bond acceptors (Lipinski definition) is 4. The van der Waals surface area contributed by atoms with E-state index in [1.54, 1.807) is 0 Å². The van der Waals surface area contributed by atoms with Gasteiger partial charge in [-0.2, -0.15) is 0 Å². The van der Waals surface area contributed by atoms with Crippen LogP contribution in [0.2, 0.25) is 0 Å². The third-order valence-corrected chi connectivity index (χ3v) is 5.31. The van der Waals surface area contributed by atoms with Gasteiger partial charge in [-0.25, -0.2) is 0 Å². The fourth-order valence-electron chi connectivity index (χ4n) is 2.50. The minimum Gasteiger partial charge on any atom is -0.306 e. The quantitative estimate of drug-likeness (QED) is 0.416. The van der Waals surface area contributed by atoms with Gasteiger partial charge in [-0.15, -0.1) is 10.2 Å². The molecule has 0 unspecified atom stereocenters. The smallest absolute Gasteiger partial charge is 0.191 e. The fourth-order valence-corrected chi connectivity index (χ4v) is 3.68. The normalized spacial score (nSPS) is 10.8. The highest BCUT2D eigenvalue weighted by atomic mass is 79.9. The standard InChI is InChI=1S/C19H18BrN3OS/c1-2-23-18(12-14-6-4-3-5-7-14)21-22-19(23)25-13-17(24)15-8-10-16(20)11-9-15/h3-11H,2,12-13H2,1H3. The molecule has 0 saturated heterocycles. The number of carbonyl (C=O) groups excluding carboxylic acids is 1. The molecule has 0 aliphatic heterocycles. The summed E-state index contributed by atoms with van der Waals surface area (Å²) in [5.41, 5.74) is 1.91. The van der Waals surface area contributed by atoms with Crippen LogP contribution in [0.3, 0.4) is 0 Å². The second kappa shape index (κ2) is 8.45. The molecule has 1 aromatic heterocycles. The van der Waals surface area contributed by atoms with Crippen LogP contribution in [0.25, 0.3) is 0 Å². The van der Waals surface area contributed by atoms with Gasteiger partial charge in [-0.05, 0) is 24.6 Å². The highest BCUT2D eigenvalue weighted by Crippen LogP contribution is 2.20. The first-order valence-corrected chi connectivity index (χ1v) is 9.82. The van der Waals surface area contributed by atoms with E-state index in [0.29, 0.717) is 11.3 Å². The monoisotopic (exact) mass is 415 g/mol. The van der Waals surface area contributed by atoms with Crippen LogP contribution in [0.15, 0.2) is 64.2 Å². The Labute approximate surface area is 159 Å². The van der Waals surface area contributed by atoms with E-state index in [9.17, 15) is 4.79 Å². The van der Waals surface area contributed by atoms with Gasteiger partial charge in [0.25, 0.3) is 0 Å². The molecule has 4 nitrogen and oxygen atoms in total. The van der Waals surface area contributed by atoms with Crippen molar-refractivity contribution in [2.45, 2.75) is 25.0 Å². The Hall–Kier alpha value is -1.92. The third kappa shape index (κ3) is 4.58. The molecule has 0 spiro atoms. The van der Waals surface area contributed by atoms with Crippen molar-refractivity contribution in [2.24, 2.45) is 0 Å². The van der Waals surface area contributed by atoms with Crippen LogP contribution in [-0.4, -0.2) is 26.3 Å². The molecule has 0 bridgehead atoms. The van der Waals surface area contributed by atoms with E-state index >= 15 is 0 Å². The van der Waals surface area contributed by atoms with Crippen molar-refractivity contribution < 1.29 is 4.79 Å². The van der Waals surface area contributed by atoms with E-state index < -0.39 is 0 Å². The van der Waals surface area contributed by atoms with Gasteiger partial charge in [0.15, 0.2) is 10.9 Å². The molecule has 0 fully saturated rings. The van der Waals surface area contributed by atoms with Gasteiger partial charge in [-0.1, -0.05) is 70.2 Å². The molecule has 2 aromatic carbocycles. The van der Waals surface area contributed by atoms with Crippen LogP contribution in [-0.2, 0) is 13.0 Å². The lowest BCUT2D eigenvalue weighted by molar-refractivity contribution is 0.102. The molecular weight excluding hydrogens is 398 g/mol. The summed E-state index contributed by atoms with van der Waals surface area (Å²) in [5.74, 6) is 1.37. The summed E-state index contributed by atoms with van der Waals surface area (Å²) in [4.78, 5) is 12.3. The second-order valence-electron chi connectivity index (χ2n) is 5.52. The Morgan fingerprint density at radius 1 is 1.08 bits per heavy atom. The van der Waals surface area contributed by atoms with Crippen LogP contribution in [0.5, 0.6) is 0 Å². The number of Topliss-reactive ketones (excluding diaryl/α,β-unsaturated/α-hetero) is 1. The lowest BCUT2D eigenvalue weighted by Gasteiger charge is -2.07. The summed E-state index contributed by atoms with van der Waals surface area (Å²) >= 11 is 4.82. The van der Waals surface area contributed by atoms with E-state index in [1.807, 2.05) is 42.5 Å². The fraction of sp³-hybridized carbons (Fsp3) is 0.211. The van der Waals surface area contributed by atoms with Crippen molar-refractivity contribution in [3.8, 4) is 0 Å². The minimum absolute atomic E-state index is 0.0905. The number of hydrogen-bond donors (Lipinski definition) is 0. The van der Waals surface area contributed by atoms with Crippen molar-refractivity contribution >= 4 is 33.5 Å². The summed E-state index contributed by atoms with van der Waals surface area (Å²) in [5, 5.41) is 9.39. The summed E-state index contributed by atoms with van der Waals surface area (Å²) < 4.78 is 3.04. The average Bonchev–Trinajstić information content (AvgIpc) is 3.02. The van der Waals surface area contributed by atoms with E-state index in [0.717, 1.165) is 28.4 Å². The van der Waals surface area contributed by atoms with Crippen LogP contribution >= 0.6 is 27.7 Å². The van der Waals surface area contributed by atoms with Gasteiger partial charge in [0.05, 0.1) is 5.75 Å². The molecule has 0 saturated carbocycles. The zero-order valence-electron chi connectivity index (χ0n) is 13.9. The Bertz CT molecular complexity index is 847. The summed E-state index contributed by atoms with van der Waals surface area (Å²) in [6, 6.07) is 17.6. The highest BCUT2D eigenvalue weighted by molar-refractivity contribution is 9.10. The molecule has 3 aromatic rings.